The van der Waals surface area contributed by atoms with Crippen molar-refractivity contribution in [2.45, 2.75) is 5.75 Å². The Labute approximate surface area is 171 Å². The summed E-state index contributed by atoms with van der Waals surface area (Å²) in [5.74, 6) is -1.95. The number of hydrogen-bond acceptors (Lipinski definition) is 4. The first-order valence-corrected chi connectivity index (χ1v) is 10.6. The summed E-state index contributed by atoms with van der Waals surface area (Å²) in [6.07, 6.45) is 3.67. The number of benzene rings is 2. The number of ether oxygens (including phenoxy) is 1. The van der Waals surface area contributed by atoms with Crippen LogP contribution in [-0.2, 0) is 15.8 Å². The van der Waals surface area contributed by atoms with Gasteiger partial charge < -0.3 is 9.14 Å². The highest BCUT2D eigenvalue weighted by atomic mass is 32.2. The van der Waals surface area contributed by atoms with Gasteiger partial charge in [-0.1, -0.05) is 6.07 Å². The zero-order chi connectivity index (χ0) is 21.3. The summed E-state index contributed by atoms with van der Waals surface area (Å²) >= 11 is 0. The molecule has 0 fully saturated rings. The van der Waals surface area contributed by atoms with E-state index in [1.165, 1.54) is 7.11 Å². The highest BCUT2D eigenvalue weighted by Crippen LogP contribution is 2.31. The Kier molecular flexibility index (Phi) is 5.13. The Bertz CT molecular complexity index is 1300. The van der Waals surface area contributed by atoms with Crippen molar-refractivity contribution in [1.82, 2.24) is 9.38 Å². The number of pyridine rings is 1. The molecule has 2 heterocycles. The van der Waals surface area contributed by atoms with Gasteiger partial charge in [0.2, 0.25) is 10.0 Å². The van der Waals surface area contributed by atoms with Gasteiger partial charge in [-0.3, -0.25) is 4.72 Å². The molecule has 4 rings (SSSR count). The van der Waals surface area contributed by atoms with Crippen LogP contribution in [-0.4, -0.2) is 24.9 Å². The molecule has 2 aromatic heterocycles. The lowest BCUT2D eigenvalue weighted by Gasteiger charge is -2.13. The van der Waals surface area contributed by atoms with Crippen molar-refractivity contribution in [3.63, 3.8) is 0 Å². The summed E-state index contributed by atoms with van der Waals surface area (Å²) in [5.41, 5.74) is 1.95. The second-order valence-corrected chi connectivity index (χ2v) is 8.33. The second-order valence-electron chi connectivity index (χ2n) is 6.60. The minimum absolute atomic E-state index is 0.170. The first-order valence-electron chi connectivity index (χ1n) is 8.91. The highest BCUT2D eigenvalue weighted by molar-refractivity contribution is 7.91. The number of fused-ring (bicyclic) bond motifs is 1. The van der Waals surface area contributed by atoms with Crippen LogP contribution in [0.5, 0.6) is 5.75 Å². The van der Waals surface area contributed by atoms with Crippen LogP contribution in [0.3, 0.4) is 0 Å². The van der Waals surface area contributed by atoms with Crippen LogP contribution >= 0.6 is 0 Å². The van der Waals surface area contributed by atoms with Crippen LogP contribution in [0.1, 0.15) is 5.56 Å². The lowest BCUT2D eigenvalue weighted by Crippen LogP contribution is -2.16. The van der Waals surface area contributed by atoms with Crippen molar-refractivity contribution >= 4 is 21.4 Å². The molecule has 0 bridgehead atoms. The molecule has 0 atom stereocenters. The number of halogens is 2. The standard InChI is InChI=1S/C21H17F2N3O3S/c1-29-20-8-5-14(19-12-26-9-3-2-4-21(26)24-19)11-18(20)25-30(27,28)13-15-10-16(22)6-7-17(15)23/h2-12,25H,13H2,1H3. The predicted octanol–water partition coefficient (Wildman–Crippen LogP) is 4.23. The first-order chi connectivity index (χ1) is 14.3. The number of hydrogen-bond donors (Lipinski definition) is 1. The lowest BCUT2D eigenvalue weighted by atomic mass is 10.1. The smallest absolute Gasteiger partial charge is 0.237 e. The molecule has 9 heteroatoms. The third-order valence-electron chi connectivity index (χ3n) is 4.48. The molecule has 154 valence electrons. The van der Waals surface area contributed by atoms with Gasteiger partial charge in [-0.05, 0) is 48.5 Å². The Morgan fingerprint density at radius 3 is 2.70 bits per heavy atom. The number of sulfonamides is 1. The molecule has 0 spiro atoms. The van der Waals surface area contributed by atoms with Crippen LogP contribution < -0.4 is 9.46 Å². The van der Waals surface area contributed by atoms with E-state index in [4.69, 9.17) is 4.74 Å². The van der Waals surface area contributed by atoms with Crippen molar-refractivity contribution < 1.29 is 21.9 Å². The van der Waals surface area contributed by atoms with Crippen LogP contribution in [0.4, 0.5) is 14.5 Å². The molecule has 0 unspecified atom stereocenters. The Morgan fingerprint density at radius 2 is 1.93 bits per heavy atom. The molecule has 0 amide bonds. The zero-order valence-corrected chi connectivity index (χ0v) is 16.7. The Hall–Kier alpha value is -3.46. The fourth-order valence-electron chi connectivity index (χ4n) is 3.08. The molecule has 0 saturated heterocycles. The average Bonchev–Trinajstić information content (AvgIpc) is 3.14. The van der Waals surface area contributed by atoms with Gasteiger partial charge in [0.05, 0.1) is 24.2 Å². The van der Waals surface area contributed by atoms with Gasteiger partial charge in [0.1, 0.15) is 23.0 Å². The van der Waals surface area contributed by atoms with E-state index in [-0.39, 0.29) is 17.0 Å². The molecule has 30 heavy (non-hydrogen) atoms. The maximum Gasteiger partial charge on any atom is 0.237 e. The average molecular weight is 429 g/mol. The molecule has 0 saturated carbocycles. The van der Waals surface area contributed by atoms with Crippen molar-refractivity contribution in [3.05, 3.63) is 84.2 Å². The summed E-state index contributed by atoms with van der Waals surface area (Å²) in [6, 6.07) is 13.2. The number of methoxy groups -OCH3 is 1. The van der Waals surface area contributed by atoms with Gasteiger partial charge >= 0.3 is 0 Å². The predicted molar refractivity (Wildman–Crippen MR) is 110 cm³/mol. The quantitative estimate of drug-likeness (QED) is 0.498. The number of aromatic nitrogens is 2. The summed E-state index contributed by atoms with van der Waals surface area (Å²) in [7, 11) is -2.64. The van der Waals surface area contributed by atoms with E-state index in [0.29, 0.717) is 11.3 Å². The molecule has 4 aromatic rings. The maximum atomic E-state index is 13.9. The van der Waals surface area contributed by atoms with Crippen molar-refractivity contribution in [2.75, 3.05) is 11.8 Å². The Morgan fingerprint density at radius 1 is 1.10 bits per heavy atom. The molecule has 1 N–H and O–H groups in total. The van der Waals surface area contributed by atoms with E-state index in [9.17, 15) is 17.2 Å². The minimum Gasteiger partial charge on any atom is -0.495 e. The monoisotopic (exact) mass is 429 g/mol. The fourth-order valence-corrected chi connectivity index (χ4v) is 4.28. The van der Waals surface area contributed by atoms with E-state index >= 15 is 0 Å². The number of anilines is 1. The molecule has 0 aliphatic carbocycles. The molecular formula is C21H17F2N3O3S. The van der Waals surface area contributed by atoms with Crippen LogP contribution in [0.25, 0.3) is 16.9 Å². The van der Waals surface area contributed by atoms with E-state index in [1.54, 1.807) is 18.2 Å². The van der Waals surface area contributed by atoms with Crippen molar-refractivity contribution in [3.8, 4) is 17.0 Å². The minimum atomic E-state index is -4.05. The van der Waals surface area contributed by atoms with Crippen LogP contribution in [0.2, 0.25) is 0 Å². The van der Waals surface area contributed by atoms with E-state index in [0.717, 1.165) is 23.8 Å². The summed E-state index contributed by atoms with van der Waals surface area (Å²) in [4.78, 5) is 4.52. The van der Waals surface area contributed by atoms with Gasteiger partial charge in [0.15, 0.2) is 0 Å². The zero-order valence-electron chi connectivity index (χ0n) is 15.8. The number of imidazole rings is 1. The molecule has 0 aliphatic heterocycles. The molecule has 6 nitrogen and oxygen atoms in total. The normalized spacial score (nSPS) is 11.6. The maximum absolute atomic E-state index is 13.9. The van der Waals surface area contributed by atoms with Gasteiger partial charge in [-0.2, -0.15) is 0 Å². The summed E-state index contributed by atoms with van der Waals surface area (Å²) < 4.78 is 62.0. The SMILES string of the molecule is COc1ccc(-c2cn3ccccc3n2)cc1NS(=O)(=O)Cc1cc(F)ccc1F. The third kappa shape index (κ3) is 4.11. The van der Waals surface area contributed by atoms with E-state index in [2.05, 4.69) is 9.71 Å². The second kappa shape index (κ2) is 7.75. The molecular weight excluding hydrogens is 412 g/mol. The number of nitrogens with zero attached hydrogens (tertiary/aromatic N) is 2. The molecule has 0 aliphatic rings. The van der Waals surface area contributed by atoms with Crippen molar-refractivity contribution in [1.29, 1.82) is 0 Å². The topological polar surface area (TPSA) is 72.7 Å². The third-order valence-corrected chi connectivity index (χ3v) is 5.70. The number of rotatable bonds is 6. The van der Waals surface area contributed by atoms with Crippen LogP contribution in [0, 0.1) is 11.6 Å². The largest absolute Gasteiger partial charge is 0.495 e. The first kappa shape index (κ1) is 19.8. The fraction of sp³-hybridized carbons (Fsp3) is 0.0952. The van der Waals surface area contributed by atoms with Crippen LogP contribution in [0.15, 0.2) is 67.0 Å². The van der Waals surface area contributed by atoms with Gasteiger partial charge in [-0.25, -0.2) is 22.2 Å². The van der Waals surface area contributed by atoms with Gasteiger partial charge in [0.25, 0.3) is 0 Å². The van der Waals surface area contributed by atoms with E-state index < -0.39 is 27.4 Å². The highest BCUT2D eigenvalue weighted by Gasteiger charge is 2.18. The number of nitrogens with one attached hydrogen (secondary N) is 1. The summed E-state index contributed by atoms with van der Waals surface area (Å²) in [6.45, 7) is 0. The molecule has 0 radical (unpaired) electrons. The van der Waals surface area contributed by atoms with E-state index in [1.807, 2.05) is 35.0 Å². The lowest BCUT2D eigenvalue weighted by molar-refractivity contribution is 0.417. The summed E-state index contributed by atoms with van der Waals surface area (Å²) in [5, 5.41) is 0. The van der Waals surface area contributed by atoms with Gasteiger partial charge in [-0.15, -0.1) is 0 Å². The molecule has 2 aromatic carbocycles. The van der Waals surface area contributed by atoms with Gasteiger partial charge in [0, 0.05) is 23.5 Å². The Balaban J connectivity index is 1.67. The van der Waals surface area contributed by atoms with Crippen molar-refractivity contribution in [2.24, 2.45) is 0 Å².